The highest BCUT2D eigenvalue weighted by molar-refractivity contribution is 14.1. The van der Waals surface area contributed by atoms with Crippen LogP contribution in [0.3, 0.4) is 0 Å². The summed E-state index contributed by atoms with van der Waals surface area (Å²) in [4.78, 5) is 16.3. The van der Waals surface area contributed by atoms with Gasteiger partial charge in [-0.1, -0.05) is 13.8 Å². The molecule has 0 saturated carbocycles. The molecule has 0 unspecified atom stereocenters. The van der Waals surface area contributed by atoms with Crippen molar-refractivity contribution in [3.63, 3.8) is 0 Å². The predicted octanol–water partition coefficient (Wildman–Crippen LogP) is 4.36. The number of anilines is 1. The minimum absolute atomic E-state index is 0.156. The molecule has 0 bridgehead atoms. The number of benzene rings is 1. The quantitative estimate of drug-likeness (QED) is 0.569. The van der Waals surface area contributed by atoms with Crippen LogP contribution in [0.4, 0.5) is 5.69 Å². The molecule has 0 aliphatic carbocycles. The number of pyridine rings is 1. The van der Waals surface area contributed by atoms with E-state index in [0.29, 0.717) is 23.8 Å². The number of hydrogen-bond acceptors (Lipinski definition) is 3. The Morgan fingerprint density at radius 3 is 2.55 bits per heavy atom. The van der Waals surface area contributed by atoms with Crippen molar-refractivity contribution in [2.24, 2.45) is 5.92 Å². The highest BCUT2D eigenvalue weighted by Crippen LogP contribution is 2.15. The zero-order chi connectivity index (χ0) is 15.9. The van der Waals surface area contributed by atoms with E-state index in [4.69, 9.17) is 4.74 Å². The third-order valence-electron chi connectivity index (χ3n) is 3.07. The van der Waals surface area contributed by atoms with Crippen LogP contribution in [0.2, 0.25) is 0 Å². The standard InChI is InChI=1S/C17H19IN2O2/c1-12(2)9-10-22-15-6-3-13(4-7-15)17(21)20-14-5-8-16(18)19-11-14/h3-8,11-12H,9-10H2,1-2H3,(H,20,21). The summed E-state index contributed by atoms with van der Waals surface area (Å²) in [5, 5.41) is 2.82. The summed E-state index contributed by atoms with van der Waals surface area (Å²) in [5.74, 6) is 1.25. The van der Waals surface area contributed by atoms with Gasteiger partial charge in [-0.05, 0) is 71.3 Å². The van der Waals surface area contributed by atoms with E-state index in [9.17, 15) is 4.79 Å². The van der Waals surface area contributed by atoms with Gasteiger partial charge in [-0.15, -0.1) is 0 Å². The van der Waals surface area contributed by atoms with Gasteiger partial charge < -0.3 is 10.1 Å². The van der Waals surface area contributed by atoms with Crippen LogP contribution in [0, 0.1) is 9.62 Å². The van der Waals surface area contributed by atoms with Crippen LogP contribution in [0.15, 0.2) is 42.6 Å². The lowest BCUT2D eigenvalue weighted by atomic mass is 10.1. The second kappa shape index (κ2) is 8.12. The smallest absolute Gasteiger partial charge is 0.255 e. The second-order valence-electron chi connectivity index (χ2n) is 5.38. The topological polar surface area (TPSA) is 51.2 Å². The molecule has 0 aliphatic rings. The second-order valence-corrected chi connectivity index (χ2v) is 6.48. The molecule has 1 amide bonds. The van der Waals surface area contributed by atoms with Gasteiger partial charge in [0.2, 0.25) is 0 Å². The molecule has 0 fully saturated rings. The first-order valence-corrected chi connectivity index (χ1v) is 8.28. The first-order chi connectivity index (χ1) is 10.5. The maximum absolute atomic E-state index is 12.1. The van der Waals surface area contributed by atoms with E-state index in [1.807, 2.05) is 24.3 Å². The zero-order valence-electron chi connectivity index (χ0n) is 12.7. The van der Waals surface area contributed by atoms with E-state index in [1.165, 1.54) is 0 Å². The van der Waals surface area contributed by atoms with Gasteiger partial charge in [0.05, 0.1) is 18.5 Å². The number of hydrogen-bond donors (Lipinski definition) is 1. The van der Waals surface area contributed by atoms with Gasteiger partial charge in [0.15, 0.2) is 0 Å². The molecular formula is C17H19IN2O2. The lowest BCUT2D eigenvalue weighted by Crippen LogP contribution is -2.12. The summed E-state index contributed by atoms with van der Waals surface area (Å²) in [6.07, 6.45) is 2.66. The summed E-state index contributed by atoms with van der Waals surface area (Å²) in [6, 6.07) is 10.8. The molecule has 0 aliphatic heterocycles. The number of amides is 1. The average molecular weight is 410 g/mol. The highest BCUT2D eigenvalue weighted by Gasteiger charge is 2.06. The molecule has 22 heavy (non-hydrogen) atoms. The number of carbonyl (C=O) groups is 1. The third-order valence-corrected chi connectivity index (χ3v) is 3.70. The van der Waals surface area contributed by atoms with Crippen LogP contribution < -0.4 is 10.1 Å². The van der Waals surface area contributed by atoms with Crippen molar-refractivity contribution < 1.29 is 9.53 Å². The molecule has 2 rings (SSSR count). The molecule has 1 heterocycles. The van der Waals surface area contributed by atoms with E-state index in [1.54, 1.807) is 18.3 Å². The Morgan fingerprint density at radius 2 is 1.95 bits per heavy atom. The first kappa shape index (κ1) is 16.7. The maximum Gasteiger partial charge on any atom is 0.255 e. The van der Waals surface area contributed by atoms with Crippen molar-refractivity contribution in [2.75, 3.05) is 11.9 Å². The molecule has 0 atom stereocenters. The summed E-state index contributed by atoms with van der Waals surface area (Å²) >= 11 is 2.12. The Balaban J connectivity index is 1.91. The van der Waals surface area contributed by atoms with E-state index < -0.39 is 0 Å². The zero-order valence-corrected chi connectivity index (χ0v) is 14.8. The SMILES string of the molecule is CC(C)CCOc1ccc(C(=O)Nc2ccc(I)nc2)cc1. The van der Waals surface area contributed by atoms with Gasteiger partial charge >= 0.3 is 0 Å². The Labute approximate surface area is 144 Å². The molecule has 5 heteroatoms. The Kier molecular flexibility index (Phi) is 6.18. The number of nitrogens with zero attached hydrogens (tertiary/aromatic N) is 1. The molecule has 116 valence electrons. The van der Waals surface area contributed by atoms with E-state index in [2.05, 4.69) is 46.7 Å². The molecule has 1 aromatic carbocycles. The Hall–Kier alpha value is -1.63. The molecule has 1 N–H and O–H groups in total. The molecular weight excluding hydrogens is 391 g/mol. The molecule has 0 spiro atoms. The van der Waals surface area contributed by atoms with Crippen molar-refractivity contribution >= 4 is 34.2 Å². The van der Waals surface area contributed by atoms with Gasteiger partial charge in [0, 0.05) is 5.56 Å². The predicted molar refractivity (Wildman–Crippen MR) is 96.3 cm³/mol. The fourth-order valence-electron chi connectivity index (χ4n) is 1.77. The summed E-state index contributed by atoms with van der Waals surface area (Å²) in [7, 11) is 0. The molecule has 4 nitrogen and oxygen atoms in total. The van der Waals surface area contributed by atoms with Gasteiger partial charge in [-0.25, -0.2) is 4.98 Å². The van der Waals surface area contributed by atoms with Gasteiger partial charge in [-0.2, -0.15) is 0 Å². The number of halogens is 1. The average Bonchev–Trinajstić information content (AvgIpc) is 2.50. The molecule has 2 aromatic rings. The van der Waals surface area contributed by atoms with E-state index in [0.717, 1.165) is 15.9 Å². The van der Waals surface area contributed by atoms with Crippen LogP contribution in [0.1, 0.15) is 30.6 Å². The molecule has 0 saturated heterocycles. The molecule has 1 aromatic heterocycles. The normalized spacial score (nSPS) is 10.5. The monoisotopic (exact) mass is 410 g/mol. The summed E-state index contributed by atoms with van der Waals surface area (Å²) in [5.41, 5.74) is 1.28. The lowest BCUT2D eigenvalue weighted by molar-refractivity contribution is 0.102. The Morgan fingerprint density at radius 1 is 1.23 bits per heavy atom. The maximum atomic E-state index is 12.1. The van der Waals surface area contributed by atoms with Crippen LogP contribution in [0.25, 0.3) is 0 Å². The van der Waals surface area contributed by atoms with E-state index >= 15 is 0 Å². The lowest BCUT2D eigenvalue weighted by Gasteiger charge is -2.09. The minimum atomic E-state index is -0.156. The van der Waals surface area contributed by atoms with E-state index in [-0.39, 0.29) is 5.91 Å². The fourth-order valence-corrected chi connectivity index (χ4v) is 2.09. The van der Waals surface area contributed by atoms with Crippen LogP contribution in [0.5, 0.6) is 5.75 Å². The summed E-state index contributed by atoms with van der Waals surface area (Å²) in [6.45, 7) is 5.02. The van der Waals surface area contributed by atoms with Crippen molar-refractivity contribution in [3.05, 3.63) is 51.9 Å². The Bertz CT molecular complexity index is 610. The third kappa shape index (κ3) is 5.29. The first-order valence-electron chi connectivity index (χ1n) is 7.20. The van der Waals surface area contributed by atoms with Crippen LogP contribution in [-0.2, 0) is 0 Å². The van der Waals surface area contributed by atoms with Crippen molar-refractivity contribution in [3.8, 4) is 5.75 Å². The minimum Gasteiger partial charge on any atom is -0.494 e. The number of carbonyl (C=O) groups excluding carboxylic acids is 1. The van der Waals surface area contributed by atoms with Crippen LogP contribution >= 0.6 is 22.6 Å². The van der Waals surface area contributed by atoms with Crippen molar-refractivity contribution in [1.82, 2.24) is 4.98 Å². The van der Waals surface area contributed by atoms with Crippen LogP contribution in [-0.4, -0.2) is 17.5 Å². The van der Waals surface area contributed by atoms with Gasteiger partial charge in [-0.3, -0.25) is 4.79 Å². The highest BCUT2D eigenvalue weighted by atomic mass is 127. The number of aromatic nitrogens is 1. The van der Waals surface area contributed by atoms with Gasteiger partial charge in [0.1, 0.15) is 9.45 Å². The number of ether oxygens (including phenoxy) is 1. The largest absolute Gasteiger partial charge is 0.494 e. The number of nitrogens with one attached hydrogen (secondary N) is 1. The molecule has 0 radical (unpaired) electrons. The van der Waals surface area contributed by atoms with Gasteiger partial charge in [0.25, 0.3) is 5.91 Å². The number of rotatable bonds is 6. The fraction of sp³-hybridized carbons (Fsp3) is 0.294. The van der Waals surface area contributed by atoms with Crippen molar-refractivity contribution in [2.45, 2.75) is 20.3 Å². The van der Waals surface area contributed by atoms with Crippen molar-refractivity contribution in [1.29, 1.82) is 0 Å². The summed E-state index contributed by atoms with van der Waals surface area (Å²) < 4.78 is 6.53.